The van der Waals surface area contributed by atoms with Crippen LogP contribution in [0.25, 0.3) is 0 Å². The maximum atomic E-state index is 13.9. The molecular weight excluding hydrogens is 416 g/mol. The Morgan fingerprint density at radius 2 is 1.56 bits per heavy atom. The van der Waals surface area contributed by atoms with Gasteiger partial charge in [-0.15, -0.1) is 6.58 Å². The van der Waals surface area contributed by atoms with Crippen molar-refractivity contribution in [3.05, 3.63) is 12.7 Å². The number of ether oxygens (including phenoxy) is 3. The SMILES string of the molecule is C=CC[C@@]1(N(C(=O)OC(C)(C)C)C(=O)OC(C)(C)C)CC[C@@]2(C(=O)OC)CCCN2C1=O. The molecule has 2 saturated heterocycles. The van der Waals surface area contributed by atoms with Gasteiger partial charge >= 0.3 is 18.2 Å². The van der Waals surface area contributed by atoms with Crippen molar-refractivity contribution in [3.63, 3.8) is 0 Å². The summed E-state index contributed by atoms with van der Waals surface area (Å²) >= 11 is 0. The van der Waals surface area contributed by atoms with E-state index < -0.39 is 46.3 Å². The number of nitrogens with zero attached hydrogens (tertiary/aromatic N) is 2. The van der Waals surface area contributed by atoms with Crippen LogP contribution in [0.3, 0.4) is 0 Å². The van der Waals surface area contributed by atoms with Gasteiger partial charge in [-0.25, -0.2) is 14.4 Å². The highest BCUT2D eigenvalue weighted by Crippen LogP contribution is 2.46. The molecular formula is C23H36N2O7. The first-order valence-electron chi connectivity index (χ1n) is 10.9. The topological polar surface area (TPSA) is 102 Å². The van der Waals surface area contributed by atoms with Gasteiger partial charge in [-0.2, -0.15) is 4.90 Å². The Morgan fingerprint density at radius 3 is 2.00 bits per heavy atom. The largest absolute Gasteiger partial charge is 0.467 e. The van der Waals surface area contributed by atoms with Crippen LogP contribution >= 0.6 is 0 Å². The fraction of sp³-hybridized carbons (Fsp3) is 0.739. The van der Waals surface area contributed by atoms with E-state index in [0.717, 1.165) is 4.90 Å². The van der Waals surface area contributed by atoms with Gasteiger partial charge in [0.1, 0.15) is 22.3 Å². The fourth-order valence-corrected chi connectivity index (χ4v) is 4.48. The number of fused-ring (bicyclic) bond motifs is 1. The highest BCUT2D eigenvalue weighted by Gasteiger charge is 2.63. The molecule has 2 aliphatic heterocycles. The molecule has 0 aromatic carbocycles. The maximum Gasteiger partial charge on any atom is 0.420 e. The average molecular weight is 453 g/mol. The van der Waals surface area contributed by atoms with Gasteiger partial charge in [-0.3, -0.25) is 4.79 Å². The second-order valence-corrected chi connectivity index (χ2v) is 10.4. The summed E-state index contributed by atoms with van der Waals surface area (Å²) in [6.45, 7) is 14.1. The molecule has 3 amide bonds. The molecule has 0 bridgehead atoms. The summed E-state index contributed by atoms with van der Waals surface area (Å²) in [5, 5.41) is 0. The van der Waals surface area contributed by atoms with Crippen LogP contribution in [-0.2, 0) is 23.8 Å². The lowest BCUT2D eigenvalue weighted by atomic mass is 9.75. The lowest BCUT2D eigenvalue weighted by Crippen LogP contribution is -2.71. The standard InChI is InChI=1S/C23H36N2O7/c1-9-11-22(13-14-23(17(27)30-8)12-10-15-24(23)16(22)26)25(18(28)31-20(2,3)4)19(29)32-21(5,6)7/h9H,1,10-15H2,2-8H3/t22-,23-/m1/s1. The van der Waals surface area contributed by atoms with Gasteiger partial charge in [-0.1, -0.05) is 6.08 Å². The maximum absolute atomic E-state index is 13.9. The number of imide groups is 1. The zero-order valence-corrected chi connectivity index (χ0v) is 20.3. The van der Waals surface area contributed by atoms with E-state index in [0.29, 0.717) is 19.4 Å². The third-order valence-electron chi connectivity index (χ3n) is 5.71. The van der Waals surface area contributed by atoms with Crippen LogP contribution in [0, 0.1) is 0 Å². The van der Waals surface area contributed by atoms with E-state index in [1.165, 1.54) is 18.1 Å². The molecule has 0 aromatic heterocycles. The van der Waals surface area contributed by atoms with E-state index >= 15 is 0 Å². The second kappa shape index (κ2) is 8.75. The summed E-state index contributed by atoms with van der Waals surface area (Å²) in [5.74, 6) is -1.00. The molecule has 32 heavy (non-hydrogen) atoms. The van der Waals surface area contributed by atoms with Crippen LogP contribution < -0.4 is 0 Å². The van der Waals surface area contributed by atoms with Gasteiger partial charge in [0.15, 0.2) is 0 Å². The van der Waals surface area contributed by atoms with Crippen molar-refractivity contribution >= 4 is 24.1 Å². The van der Waals surface area contributed by atoms with Gasteiger partial charge in [0.05, 0.1) is 7.11 Å². The molecule has 0 aliphatic carbocycles. The predicted molar refractivity (Wildman–Crippen MR) is 117 cm³/mol. The summed E-state index contributed by atoms with van der Waals surface area (Å²) in [5.41, 5.74) is -4.53. The van der Waals surface area contributed by atoms with Gasteiger partial charge in [-0.05, 0) is 73.6 Å². The Morgan fingerprint density at radius 1 is 1.03 bits per heavy atom. The molecule has 0 N–H and O–H groups in total. The molecule has 0 radical (unpaired) electrons. The van der Waals surface area contributed by atoms with Gasteiger partial charge in [0.2, 0.25) is 0 Å². The first-order valence-corrected chi connectivity index (χ1v) is 10.9. The number of hydrogen-bond donors (Lipinski definition) is 0. The quantitative estimate of drug-likeness (QED) is 0.363. The molecule has 9 nitrogen and oxygen atoms in total. The number of carbonyl (C=O) groups is 4. The van der Waals surface area contributed by atoms with Crippen LogP contribution in [0.5, 0.6) is 0 Å². The van der Waals surface area contributed by atoms with Crippen LogP contribution in [0.15, 0.2) is 12.7 Å². The Labute approximate surface area is 190 Å². The summed E-state index contributed by atoms with van der Waals surface area (Å²) in [6.07, 6.45) is 0.902. The third-order valence-corrected chi connectivity index (χ3v) is 5.71. The predicted octanol–water partition coefficient (Wildman–Crippen LogP) is 3.80. The molecule has 2 atom stereocenters. The minimum Gasteiger partial charge on any atom is -0.467 e. The van der Waals surface area contributed by atoms with Crippen molar-refractivity contribution < 1.29 is 33.4 Å². The number of hydrogen-bond acceptors (Lipinski definition) is 7. The Kier molecular flexibility index (Phi) is 7.02. The van der Waals surface area contributed by atoms with E-state index in [-0.39, 0.29) is 19.3 Å². The lowest BCUT2D eigenvalue weighted by Gasteiger charge is -2.51. The average Bonchev–Trinajstić information content (AvgIpc) is 3.07. The number of rotatable bonds is 4. The summed E-state index contributed by atoms with van der Waals surface area (Å²) in [6, 6.07) is 0. The molecule has 9 heteroatoms. The lowest BCUT2D eigenvalue weighted by molar-refractivity contribution is -0.171. The van der Waals surface area contributed by atoms with Gasteiger partial charge in [0, 0.05) is 6.54 Å². The molecule has 2 fully saturated rings. The van der Waals surface area contributed by atoms with Crippen molar-refractivity contribution in [2.24, 2.45) is 0 Å². The molecule has 2 heterocycles. The van der Waals surface area contributed by atoms with Crippen molar-refractivity contribution in [2.45, 2.75) is 95.9 Å². The van der Waals surface area contributed by atoms with E-state index in [2.05, 4.69) is 6.58 Å². The highest BCUT2D eigenvalue weighted by atomic mass is 16.6. The molecule has 0 spiro atoms. The van der Waals surface area contributed by atoms with E-state index in [9.17, 15) is 19.2 Å². The Balaban J connectivity index is 2.60. The number of amides is 3. The molecule has 2 aliphatic rings. The minimum absolute atomic E-state index is 0.00191. The number of carbonyl (C=O) groups excluding carboxylic acids is 4. The van der Waals surface area contributed by atoms with Crippen LogP contribution in [-0.4, -0.2) is 69.8 Å². The first-order chi connectivity index (χ1) is 14.6. The molecule has 2 rings (SSSR count). The summed E-state index contributed by atoms with van der Waals surface area (Å²) < 4.78 is 16.0. The van der Waals surface area contributed by atoms with Gasteiger partial charge in [0.25, 0.3) is 5.91 Å². The van der Waals surface area contributed by atoms with Crippen LogP contribution in [0.2, 0.25) is 0 Å². The third kappa shape index (κ3) is 4.76. The minimum atomic E-state index is -1.62. The van der Waals surface area contributed by atoms with Gasteiger partial charge < -0.3 is 19.1 Å². The normalized spacial score (nSPS) is 25.6. The van der Waals surface area contributed by atoms with Crippen molar-refractivity contribution in [3.8, 4) is 0 Å². The molecule has 0 saturated carbocycles. The molecule has 180 valence electrons. The second-order valence-electron chi connectivity index (χ2n) is 10.4. The van der Waals surface area contributed by atoms with Crippen LogP contribution in [0.1, 0.15) is 73.6 Å². The smallest absolute Gasteiger partial charge is 0.420 e. The van der Waals surface area contributed by atoms with Crippen molar-refractivity contribution in [1.82, 2.24) is 9.80 Å². The summed E-state index contributed by atoms with van der Waals surface area (Å²) in [4.78, 5) is 55.4. The molecule has 0 unspecified atom stereocenters. The van der Waals surface area contributed by atoms with E-state index in [1.807, 2.05) is 0 Å². The number of esters is 1. The Bertz CT molecular complexity index is 767. The van der Waals surface area contributed by atoms with Crippen molar-refractivity contribution in [2.75, 3.05) is 13.7 Å². The number of methoxy groups -OCH3 is 1. The fourth-order valence-electron chi connectivity index (χ4n) is 4.48. The van der Waals surface area contributed by atoms with E-state index in [1.54, 1.807) is 41.5 Å². The van der Waals surface area contributed by atoms with Crippen molar-refractivity contribution in [1.29, 1.82) is 0 Å². The van der Waals surface area contributed by atoms with Crippen LogP contribution in [0.4, 0.5) is 9.59 Å². The number of piperidine rings is 1. The molecule has 0 aromatic rings. The monoisotopic (exact) mass is 452 g/mol. The zero-order valence-electron chi connectivity index (χ0n) is 20.3. The zero-order chi connectivity index (χ0) is 24.5. The summed E-state index contributed by atoms with van der Waals surface area (Å²) in [7, 11) is 1.29. The Hall–Kier alpha value is -2.58. The first kappa shape index (κ1) is 25.7. The highest BCUT2D eigenvalue weighted by molar-refractivity contribution is 6.02. The van der Waals surface area contributed by atoms with E-state index in [4.69, 9.17) is 14.2 Å².